The first-order chi connectivity index (χ1) is 9.22. The molecule has 0 aliphatic carbocycles. The maximum atomic E-state index is 13.6. The second kappa shape index (κ2) is 6.45. The van der Waals surface area contributed by atoms with E-state index in [2.05, 4.69) is 10.2 Å². The number of ether oxygens (including phenoxy) is 1. The van der Waals surface area contributed by atoms with Crippen LogP contribution in [0.1, 0.15) is 5.56 Å². The summed E-state index contributed by atoms with van der Waals surface area (Å²) in [6.07, 6.45) is 0. The lowest BCUT2D eigenvalue weighted by atomic mass is 10.2. The van der Waals surface area contributed by atoms with Gasteiger partial charge in [-0.1, -0.05) is 0 Å². The van der Waals surface area contributed by atoms with Gasteiger partial charge in [0, 0.05) is 26.2 Å². The van der Waals surface area contributed by atoms with Crippen LogP contribution in [0.3, 0.4) is 0 Å². The molecule has 102 valence electrons. The predicted molar refractivity (Wildman–Crippen MR) is 66.8 cm³/mol. The topological polar surface area (TPSA) is 48.3 Å². The summed E-state index contributed by atoms with van der Waals surface area (Å²) in [6.45, 7) is 4.38. The smallest absolute Gasteiger partial charge is 0.183 e. The first kappa shape index (κ1) is 13.7. The van der Waals surface area contributed by atoms with E-state index in [1.807, 2.05) is 0 Å². The number of nitrogens with one attached hydrogen (secondary N) is 1. The molecule has 1 saturated heterocycles. The normalized spacial score (nSPS) is 16.1. The summed E-state index contributed by atoms with van der Waals surface area (Å²) in [5.41, 5.74) is -0.194. The molecule has 0 radical (unpaired) electrons. The Morgan fingerprint density at radius 2 is 2.00 bits per heavy atom. The first-order valence-corrected chi connectivity index (χ1v) is 6.14. The first-order valence-electron chi connectivity index (χ1n) is 6.14. The summed E-state index contributed by atoms with van der Waals surface area (Å²) < 4.78 is 32.2. The zero-order valence-electron chi connectivity index (χ0n) is 10.5. The van der Waals surface area contributed by atoms with Gasteiger partial charge in [-0.15, -0.1) is 0 Å². The molecular formula is C13H15F2N3O. The Kier molecular flexibility index (Phi) is 4.66. The molecule has 1 aliphatic heterocycles. The Hall–Kier alpha value is -1.71. The number of hydrogen-bond donors (Lipinski definition) is 1. The van der Waals surface area contributed by atoms with Gasteiger partial charge in [0.05, 0.1) is 24.5 Å². The lowest BCUT2D eigenvalue weighted by Crippen LogP contribution is -2.39. The van der Waals surface area contributed by atoms with Crippen molar-refractivity contribution in [2.24, 2.45) is 0 Å². The van der Waals surface area contributed by atoms with E-state index < -0.39 is 11.6 Å². The summed E-state index contributed by atoms with van der Waals surface area (Å²) in [6, 6.07) is 4.26. The highest BCUT2D eigenvalue weighted by Crippen LogP contribution is 2.19. The lowest BCUT2D eigenvalue weighted by molar-refractivity contribution is 0.0398. The van der Waals surface area contributed by atoms with Crippen LogP contribution in [0.15, 0.2) is 12.1 Å². The van der Waals surface area contributed by atoms with E-state index in [0.717, 1.165) is 19.6 Å². The molecule has 1 fully saturated rings. The zero-order chi connectivity index (χ0) is 13.7. The average Bonchev–Trinajstić information content (AvgIpc) is 2.45. The van der Waals surface area contributed by atoms with Gasteiger partial charge >= 0.3 is 0 Å². The largest absolute Gasteiger partial charge is 0.381 e. The SMILES string of the molecule is N#Cc1ccc(NCCN2CCOCC2)c(F)c1F. The van der Waals surface area contributed by atoms with Gasteiger partial charge in [-0.25, -0.2) is 8.78 Å². The molecule has 0 unspecified atom stereocenters. The van der Waals surface area contributed by atoms with Gasteiger partial charge in [0.15, 0.2) is 11.6 Å². The van der Waals surface area contributed by atoms with Crippen LogP contribution in [0, 0.1) is 23.0 Å². The summed E-state index contributed by atoms with van der Waals surface area (Å²) in [4.78, 5) is 2.19. The van der Waals surface area contributed by atoms with E-state index in [4.69, 9.17) is 10.00 Å². The summed E-state index contributed by atoms with van der Waals surface area (Å²) in [5, 5.41) is 11.4. The van der Waals surface area contributed by atoms with Crippen LogP contribution < -0.4 is 5.32 Å². The third-order valence-electron chi connectivity index (χ3n) is 3.05. The number of anilines is 1. The fourth-order valence-corrected chi connectivity index (χ4v) is 1.95. The number of benzene rings is 1. The molecule has 1 aromatic carbocycles. The predicted octanol–water partition coefficient (Wildman–Crippen LogP) is 1.58. The van der Waals surface area contributed by atoms with E-state index in [0.29, 0.717) is 19.8 Å². The van der Waals surface area contributed by atoms with Crippen molar-refractivity contribution in [3.05, 3.63) is 29.3 Å². The number of nitriles is 1. The van der Waals surface area contributed by atoms with Crippen LogP contribution in [0.4, 0.5) is 14.5 Å². The Morgan fingerprint density at radius 3 is 2.68 bits per heavy atom. The van der Waals surface area contributed by atoms with E-state index in [-0.39, 0.29) is 11.3 Å². The van der Waals surface area contributed by atoms with Gasteiger partial charge in [-0.05, 0) is 12.1 Å². The van der Waals surface area contributed by atoms with Crippen LogP contribution in [0.25, 0.3) is 0 Å². The van der Waals surface area contributed by atoms with E-state index in [1.165, 1.54) is 12.1 Å². The minimum absolute atomic E-state index is 0.0877. The second-order valence-electron chi connectivity index (χ2n) is 4.28. The molecule has 4 nitrogen and oxygen atoms in total. The van der Waals surface area contributed by atoms with Crippen molar-refractivity contribution in [3.8, 4) is 6.07 Å². The molecule has 19 heavy (non-hydrogen) atoms. The van der Waals surface area contributed by atoms with E-state index in [9.17, 15) is 8.78 Å². The van der Waals surface area contributed by atoms with Crippen molar-refractivity contribution in [1.82, 2.24) is 4.90 Å². The van der Waals surface area contributed by atoms with Crippen LogP contribution in [0.5, 0.6) is 0 Å². The molecule has 0 saturated carbocycles. The van der Waals surface area contributed by atoms with Crippen molar-refractivity contribution in [2.75, 3.05) is 44.7 Å². The molecule has 6 heteroatoms. The van der Waals surface area contributed by atoms with Gasteiger partial charge in [0.25, 0.3) is 0 Å². The Labute approximate surface area is 110 Å². The number of morpholine rings is 1. The Morgan fingerprint density at radius 1 is 1.26 bits per heavy atom. The van der Waals surface area contributed by atoms with Crippen LogP contribution in [-0.4, -0.2) is 44.3 Å². The number of halogens is 2. The third-order valence-corrected chi connectivity index (χ3v) is 3.05. The van der Waals surface area contributed by atoms with Crippen molar-refractivity contribution < 1.29 is 13.5 Å². The molecular weight excluding hydrogens is 252 g/mol. The van der Waals surface area contributed by atoms with Gasteiger partial charge in [0.1, 0.15) is 6.07 Å². The summed E-state index contributed by atoms with van der Waals surface area (Å²) >= 11 is 0. The average molecular weight is 267 g/mol. The number of rotatable bonds is 4. The maximum absolute atomic E-state index is 13.6. The standard InChI is InChI=1S/C13H15F2N3O/c14-12-10(9-16)1-2-11(13(12)15)17-3-4-18-5-7-19-8-6-18/h1-2,17H,3-8H2. The van der Waals surface area contributed by atoms with Gasteiger partial charge in [-0.3, -0.25) is 4.90 Å². The quantitative estimate of drug-likeness (QED) is 0.899. The number of nitrogens with zero attached hydrogens (tertiary/aromatic N) is 2. The van der Waals surface area contributed by atoms with Crippen molar-refractivity contribution in [1.29, 1.82) is 5.26 Å². The van der Waals surface area contributed by atoms with Crippen LogP contribution in [-0.2, 0) is 4.74 Å². The van der Waals surface area contributed by atoms with E-state index >= 15 is 0 Å². The second-order valence-corrected chi connectivity index (χ2v) is 4.28. The highest BCUT2D eigenvalue weighted by molar-refractivity contribution is 5.49. The van der Waals surface area contributed by atoms with Crippen molar-refractivity contribution >= 4 is 5.69 Å². The Bertz CT molecular complexity index is 482. The fourth-order valence-electron chi connectivity index (χ4n) is 1.95. The zero-order valence-corrected chi connectivity index (χ0v) is 10.5. The molecule has 0 bridgehead atoms. The molecule has 1 N–H and O–H groups in total. The minimum atomic E-state index is -1.10. The monoisotopic (exact) mass is 267 g/mol. The summed E-state index contributed by atoms with van der Waals surface area (Å²) in [7, 11) is 0. The highest BCUT2D eigenvalue weighted by Gasteiger charge is 2.14. The Balaban J connectivity index is 1.89. The molecule has 0 aromatic heterocycles. The minimum Gasteiger partial charge on any atom is -0.381 e. The van der Waals surface area contributed by atoms with E-state index in [1.54, 1.807) is 6.07 Å². The van der Waals surface area contributed by atoms with Gasteiger partial charge in [-0.2, -0.15) is 5.26 Å². The molecule has 1 heterocycles. The molecule has 1 aliphatic rings. The third kappa shape index (κ3) is 3.40. The van der Waals surface area contributed by atoms with Gasteiger partial charge in [0.2, 0.25) is 0 Å². The molecule has 0 amide bonds. The number of hydrogen-bond acceptors (Lipinski definition) is 4. The highest BCUT2D eigenvalue weighted by atomic mass is 19.2. The molecule has 2 rings (SSSR count). The van der Waals surface area contributed by atoms with Crippen LogP contribution >= 0.6 is 0 Å². The van der Waals surface area contributed by atoms with Crippen molar-refractivity contribution in [3.63, 3.8) is 0 Å². The molecule has 1 aromatic rings. The lowest BCUT2D eigenvalue weighted by Gasteiger charge is -2.26. The van der Waals surface area contributed by atoms with Gasteiger partial charge < -0.3 is 10.1 Å². The maximum Gasteiger partial charge on any atom is 0.183 e. The molecule has 0 spiro atoms. The fraction of sp³-hybridized carbons (Fsp3) is 0.462. The van der Waals surface area contributed by atoms with Crippen LogP contribution in [0.2, 0.25) is 0 Å². The van der Waals surface area contributed by atoms with Crippen molar-refractivity contribution in [2.45, 2.75) is 0 Å². The molecule has 0 atom stereocenters. The summed E-state index contributed by atoms with van der Waals surface area (Å²) in [5.74, 6) is -2.10.